The van der Waals surface area contributed by atoms with Crippen molar-refractivity contribution in [3.63, 3.8) is 0 Å². The second-order valence-corrected chi connectivity index (χ2v) is 4.65. The van der Waals surface area contributed by atoms with E-state index >= 15 is 0 Å². The molecule has 1 saturated heterocycles. The Labute approximate surface area is 106 Å². The maximum absolute atomic E-state index is 12.4. The molecular formula is C13H17N3O2. The molecule has 0 aromatic heterocycles. The van der Waals surface area contributed by atoms with Crippen LogP contribution in [0, 0.1) is 0 Å². The van der Waals surface area contributed by atoms with E-state index in [1.54, 1.807) is 6.92 Å². The maximum Gasteiger partial charge on any atom is 0.247 e. The zero-order valence-corrected chi connectivity index (χ0v) is 10.3. The van der Waals surface area contributed by atoms with Gasteiger partial charge in [-0.2, -0.15) is 0 Å². The van der Waals surface area contributed by atoms with Gasteiger partial charge in [-0.05, 0) is 12.5 Å². The van der Waals surface area contributed by atoms with E-state index < -0.39 is 5.54 Å². The Balaban J connectivity index is 2.19. The van der Waals surface area contributed by atoms with Crippen molar-refractivity contribution < 1.29 is 9.59 Å². The molecule has 1 aromatic carbocycles. The van der Waals surface area contributed by atoms with E-state index in [4.69, 9.17) is 5.73 Å². The maximum atomic E-state index is 12.4. The van der Waals surface area contributed by atoms with Gasteiger partial charge < -0.3 is 16.0 Å². The monoisotopic (exact) mass is 247 g/mol. The standard InChI is InChI=1S/C13H17N3O2/c1-13(14,10-5-3-2-4-6-10)12(18)16-8-7-15-11(17)9-16/h2-6H,7-9,14H2,1H3,(H,15,17). The van der Waals surface area contributed by atoms with Crippen LogP contribution in [0.2, 0.25) is 0 Å². The van der Waals surface area contributed by atoms with Crippen molar-refractivity contribution in [2.75, 3.05) is 19.6 Å². The van der Waals surface area contributed by atoms with Crippen molar-refractivity contribution in [1.82, 2.24) is 10.2 Å². The largest absolute Gasteiger partial charge is 0.353 e. The molecule has 0 radical (unpaired) electrons. The van der Waals surface area contributed by atoms with Crippen LogP contribution in [0.1, 0.15) is 12.5 Å². The van der Waals surface area contributed by atoms with Crippen molar-refractivity contribution >= 4 is 11.8 Å². The molecule has 0 saturated carbocycles. The predicted molar refractivity (Wildman–Crippen MR) is 67.6 cm³/mol. The summed E-state index contributed by atoms with van der Waals surface area (Å²) in [5, 5.41) is 2.68. The third kappa shape index (κ3) is 2.36. The van der Waals surface area contributed by atoms with Crippen LogP contribution in [-0.4, -0.2) is 36.3 Å². The second-order valence-electron chi connectivity index (χ2n) is 4.65. The van der Waals surface area contributed by atoms with Gasteiger partial charge >= 0.3 is 0 Å². The highest BCUT2D eigenvalue weighted by Crippen LogP contribution is 2.20. The van der Waals surface area contributed by atoms with Crippen molar-refractivity contribution in [3.05, 3.63) is 35.9 Å². The number of hydrogen-bond donors (Lipinski definition) is 2. The summed E-state index contributed by atoms with van der Waals surface area (Å²) in [6.07, 6.45) is 0. The molecule has 2 rings (SSSR count). The highest BCUT2D eigenvalue weighted by molar-refractivity contribution is 5.91. The fraction of sp³-hybridized carbons (Fsp3) is 0.385. The average molecular weight is 247 g/mol. The number of carbonyl (C=O) groups is 2. The quantitative estimate of drug-likeness (QED) is 0.761. The predicted octanol–water partition coefficient (Wildman–Crippen LogP) is -0.181. The van der Waals surface area contributed by atoms with Gasteiger partial charge in [0.05, 0.1) is 6.54 Å². The Kier molecular flexibility index (Phi) is 3.34. The van der Waals surface area contributed by atoms with E-state index in [0.29, 0.717) is 13.1 Å². The normalized spacial score (nSPS) is 19.0. The topological polar surface area (TPSA) is 75.4 Å². The van der Waals surface area contributed by atoms with E-state index in [1.807, 2.05) is 30.3 Å². The van der Waals surface area contributed by atoms with Gasteiger partial charge in [0.15, 0.2) is 0 Å². The first-order chi connectivity index (χ1) is 8.51. The molecule has 0 bridgehead atoms. The Morgan fingerprint density at radius 2 is 2.06 bits per heavy atom. The van der Waals surface area contributed by atoms with Crippen LogP contribution >= 0.6 is 0 Å². The Bertz CT molecular complexity index is 457. The third-order valence-corrected chi connectivity index (χ3v) is 3.14. The van der Waals surface area contributed by atoms with Gasteiger partial charge in [0.1, 0.15) is 5.54 Å². The lowest BCUT2D eigenvalue weighted by atomic mass is 9.91. The van der Waals surface area contributed by atoms with Crippen molar-refractivity contribution in [1.29, 1.82) is 0 Å². The van der Waals surface area contributed by atoms with Gasteiger partial charge in [-0.1, -0.05) is 30.3 Å². The number of rotatable bonds is 2. The molecule has 0 aliphatic carbocycles. The smallest absolute Gasteiger partial charge is 0.247 e. The summed E-state index contributed by atoms with van der Waals surface area (Å²) in [4.78, 5) is 25.2. The van der Waals surface area contributed by atoms with Gasteiger partial charge in [0.25, 0.3) is 0 Å². The summed E-state index contributed by atoms with van der Waals surface area (Å²) in [6.45, 7) is 2.75. The number of piperazine rings is 1. The van der Waals surface area contributed by atoms with Crippen LogP contribution in [0.25, 0.3) is 0 Å². The van der Waals surface area contributed by atoms with Crippen LogP contribution in [0.4, 0.5) is 0 Å². The van der Waals surface area contributed by atoms with Crippen LogP contribution in [0.5, 0.6) is 0 Å². The molecule has 1 unspecified atom stereocenters. The van der Waals surface area contributed by atoms with Crippen LogP contribution in [0.15, 0.2) is 30.3 Å². The summed E-state index contributed by atoms with van der Waals surface area (Å²) in [7, 11) is 0. The number of amides is 2. The number of nitrogens with one attached hydrogen (secondary N) is 1. The molecule has 96 valence electrons. The van der Waals surface area contributed by atoms with Gasteiger partial charge in [0, 0.05) is 13.1 Å². The highest BCUT2D eigenvalue weighted by atomic mass is 16.2. The van der Waals surface area contributed by atoms with Crippen molar-refractivity contribution in [3.8, 4) is 0 Å². The van der Waals surface area contributed by atoms with E-state index in [2.05, 4.69) is 5.32 Å². The second kappa shape index (κ2) is 4.78. The lowest BCUT2D eigenvalue weighted by Crippen LogP contribution is -2.57. The molecular weight excluding hydrogens is 230 g/mol. The van der Waals surface area contributed by atoms with Gasteiger partial charge in [0.2, 0.25) is 11.8 Å². The van der Waals surface area contributed by atoms with Crippen LogP contribution in [0.3, 0.4) is 0 Å². The Morgan fingerprint density at radius 3 is 2.67 bits per heavy atom. The van der Waals surface area contributed by atoms with Gasteiger partial charge in [-0.25, -0.2) is 0 Å². The van der Waals surface area contributed by atoms with Crippen molar-refractivity contribution in [2.45, 2.75) is 12.5 Å². The first-order valence-corrected chi connectivity index (χ1v) is 5.92. The first-order valence-electron chi connectivity index (χ1n) is 5.92. The summed E-state index contributed by atoms with van der Waals surface area (Å²) in [5.41, 5.74) is 5.79. The molecule has 1 fully saturated rings. The van der Waals surface area contributed by atoms with Gasteiger partial charge in [-0.15, -0.1) is 0 Å². The fourth-order valence-corrected chi connectivity index (χ4v) is 2.05. The molecule has 2 amide bonds. The van der Waals surface area contributed by atoms with Crippen LogP contribution < -0.4 is 11.1 Å². The fourth-order valence-electron chi connectivity index (χ4n) is 2.05. The average Bonchev–Trinajstić information content (AvgIpc) is 2.39. The molecule has 1 aromatic rings. The molecule has 5 heteroatoms. The molecule has 1 aliphatic rings. The summed E-state index contributed by atoms with van der Waals surface area (Å²) >= 11 is 0. The Morgan fingerprint density at radius 1 is 1.39 bits per heavy atom. The van der Waals surface area contributed by atoms with Gasteiger partial charge in [-0.3, -0.25) is 9.59 Å². The Hall–Kier alpha value is -1.88. The molecule has 3 N–H and O–H groups in total. The number of nitrogens with two attached hydrogens (primary N) is 1. The lowest BCUT2D eigenvalue weighted by Gasteiger charge is -2.34. The number of hydrogen-bond acceptors (Lipinski definition) is 3. The summed E-state index contributed by atoms with van der Waals surface area (Å²) in [6, 6.07) is 9.20. The summed E-state index contributed by atoms with van der Waals surface area (Å²) < 4.78 is 0. The molecule has 5 nitrogen and oxygen atoms in total. The number of benzene rings is 1. The first kappa shape index (κ1) is 12.6. The minimum absolute atomic E-state index is 0.0818. The van der Waals surface area contributed by atoms with E-state index in [-0.39, 0.29) is 18.4 Å². The molecule has 0 spiro atoms. The number of carbonyl (C=O) groups excluding carboxylic acids is 2. The van der Waals surface area contributed by atoms with Crippen molar-refractivity contribution in [2.24, 2.45) is 5.73 Å². The summed E-state index contributed by atoms with van der Waals surface area (Å²) in [5.74, 6) is -0.359. The molecule has 1 aliphatic heterocycles. The molecule has 1 atom stereocenters. The van der Waals surface area contributed by atoms with Crippen LogP contribution in [-0.2, 0) is 15.1 Å². The highest BCUT2D eigenvalue weighted by Gasteiger charge is 2.36. The zero-order chi connectivity index (χ0) is 13.2. The number of nitrogens with zero attached hydrogens (tertiary/aromatic N) is 1. The third-order valence-electron chi connectivity index (χ3n) is 3.14. The van der Waals surface area contributed by atoms with E-state index in [1.165, 1.54) is 4.90 Å². The molecule has 18 heavy (non-hydrogen) atoms. The minimum atomic E-state index is -1.10. The van der Waals surface area contributed by atoms with E-state index in [0.717, 1.165) is 5.56 Å². The van der Waals surface area contributed by atoms with E-state index in [9.17, 15) is 9.59 Å². The minimum Gasteiger partial charge on any atom is -0.353 e. The molecule has 1 heterocycles. The SMILES string of the molecule is CC(N)(C(=O)N1CCNC(=O)C1)c1ccccc1. The zero-order valence-electron chi connectivity index (χ0n) is 10.3. The lowest BCUT2D eigenvalue weighted by molar-refractivity contribution is -0.142.